The number of hydrogen-bond acceptors (Lipinski definition) is 6. The van der Waals surface area contributed by atoms with Crippen molar-refractivity contribution in [2.75, 3.05) is 6.61 Å². The van der Waals surface area contributed by atoms with Crippen LogP contribution in [-0.2, 0) is 4.74 Å². The summed E-state index contributed by atoms with van der Waals surface area (Å²) in [6.07, 6.45) is 0.0750. The Balaban J connectivity index is 1.99. The largest absolute Gasteiger partial charge is 0.492 e. The molecule has 1 aliphatic rings. The molecule has 96 valence electrons. The van der Waals surface area contributed by atoms with E-state index in [4.69, 9.17) is 9.84 Å². The molecular formula is C10H11FN4O3. The van der Waals surface area contributed by atoms with Gasteiger partial charge in [-0.3, -0.25) is 4.57 Å². The van der Waals surface area contributed by atoms with Crippen LogP contribution in [-0.4, -0.2) is 48.6 Å². The molecule has 1 fully saturated rings. The predicted octanol–water partition coefficient (Wildman–Crippen LogP) is 0.150. The number of aliphatic hydroxyl groups is 1. The van der Waals surface area contributed by atoms with Crippen molar-refractivity contribution >= 4 is 11.2 Å². The number of fused-ring (bicyclic) bond motifs is 1. The van der Waals surface area contributed by atoms with Gasteiger partial charge in [0.25, 0.3) is 0 Å². The van der Waals surface area contributed by atoms with Crippen molar-refractivity contribution in [2.45, 2.75) is 24.9 Å². The molecule has 3 atom stereocenters. The fourth-order valence-corrected chi connectivity index (χ4v) is 2.07. The number of halogens is 1. The number of aromatic nitrogens is 4. The Bertz CT molecular complexity index is 575. The maximum atomic E-state index is 13.5. The predicted molar refractivity (Wildman–Crippen MR) is 57.5 cm³/mol. The Morgan fingerprint density at radius 2 is 2.28 bits per heavy atom. The highest BCUT2D eigenvalue weighted by atomic mass is 19.1. The summed E-state index contributed by atoms with van der Waals surface area (Å²) in [6.45, 7) is -0.371. The van der Waals surface area contributed by atoms with Gasteiger partial charge in [-0.1, -0.05) is 0 Å². The van der Waals surface area contributed by atoms with Crippen LogP contribution in [0.4, 0.5) is 4.39 Å². The standard InChI is InChI=1S/C10H11FN4O3/c11-5-1-7(18-6(5)2-16)15-4-14-8-9(15)12-3-13-10(8)17/h3-7,16H,1-2H2,(H,12,13,17)/t5?,6-,7-/m1/s1. The van der Waals surface area contributed by atoms with E-state index >= 15 is 0 Å². The molecule has 1 aliphatic heterocycles. The zero-order valence-electron chi connectivity index (χ0n) is 9.27. The van der Waals surface area contributed by atoms with E-state index in [0.717, 1.165) is 0 Å². The van der Waals surface area contributed by atoms with Gasteiger partial charge in [0.2, 0.25) is 5.88 Å². The number of rotatable bonds is 2. The maximum absolute atomic E-state index is 13.5. The normalized spacial score (nSPS) is 28.0. The summed E-state index contributed by atoms with van der Waals surface area (Å²) < 4.78 is 20.4. The van der Waals surface area contributed by atoms with Gasteiger partial charge < -0.3 is 14.9 Å². The van der Waals surface area contributed by atoms with Gasteiger partial charge in [0.1, 0.15) is 24.8 Å². The van der Waals surface area contributed by atoms with Gasteiger partial charge in [-0.25, -0.2) is 14.4 Å². The Morgan fingerprint density at radius 1 is 1.44 bits per heavy atom. The van der Waals surface area contributed by atoms with Crippen molar-refractivity contribution < 1.29 is 19.3 Å². The minimum absolute atomic E-state index is 0.113. The second kappa shape index (κ2) is 4.14. The quantitative estimate of drug-likeness (QED) is 0.792. The molecule has 2 aromatic heterocycles. The first kappa shape index (κ1) is 11.3. The molecule has 0 saturated carbocycles. The average molecular weight is 254 g/mol. The molecule has 2 aromatic rings. The van der Waals surface area contributed by atoms with Crippen LogP contribution in [0.5, 0.6) is 5.88 Å². The summed E-state index contributed by atoms with van der Waals surface area (Å²) >= 11 is 0. The highest BCUT2D eigenvalue weighted by Gasteiger charge is 2.36. The topological polar surface area (TPSA) is 93.3 Å². The van der Waals surface area contributed by atoms with Gasteiger partial charge in [-0.15, -0.1) is 0 Å². The zero-order valence-corrected chi connectivity index (χ0v) is 9.27. The van der Waals surface area contributed by atoms with Gasteiger partial charge in [-0.2, -0.15) is 4.98 Å². The first-order valence-electron chi connectivity index (χ1n) is 5.47. The number of imidazole rings is 1. The molecule has 3 heterocycles. The molecule has 1 saturated heterocycles. The highest BCUT2D eigenvalue weighted by molar-refractivity contribution is 5.75. The monoisotopic (exact) mass is 254 g/mol. The average Bonchev–Trinajstić information content (AvgIpc) is 2.93. The zero-order chi connectivity index (χ0) is 12.7. The molecule has 18 heavy (non-hydrogen) atoms. The van der Waals surface area contributed by atoms with E-state index in [2.05, 4.69) is 15.0 Å². The SMILES string of the molecule is OC[C@H]1O[C@@H](n2cnc3c(O)ncnc32)CC1F. The molecule has 0 bridgehead atoms. The summed E-state index contributed by atoms with van der Waals surface area (Å²) in [5, 5.41) is 18.4. The van der Waals surface area contributed by atoms with E-state index in [1.807, 2.05) is 0 Å². The lowest BCUT2D eigenvalue weighted by atomic mass is 10.2. The van der Waals surface area contributed by atoms with E-state index in [1.165, 1.54) is 17.2 Å². The molecule has 7 nitrogen and oxygen atoms in total. The van der Waals surface area contributed by atoms with Crippen molar-refractivity contribution in [3.63, 3.8) is 0 Å². The van der Waals surface area contributed by atoms with Crippen LogP contribution in [0.25, 0.3) is 11.2 Å². The van der Waals surface area contributed by atoms with Crippen LogP contribution in [0.3, 0.4) is 0 Å². The van der Waals surface area contributed by atoms with Crippen LogP contribution < -0.4 is 0 Å². The summed E-state index contributed by atoms with van der Waals surface area (Å²) in [6, 6.07) is 0. The van der Waals surface area contributed by atoms with Crippen LogP contribution >= 0.6 is 0 Å². The minimum atomic E-state index is -1.23. The first-order valence-corrected chi connectivity index (χ1v) is 5.47. The molecule has 1 unspecified atom stereocenters. The third kappa shape index (κ3) is 1.61. The lowest BCUT2D eigenvalue weighted by molar-refractivity contribution is -0.0323. The fourth-order valence-electron chi connectivity index (χ4n) is 2.07. The number of ether oxygens (including phenoxy) is 1. The molecule has 0 radical (unpaired) electrons. The van der Waals surface area contributed by atoms with Crippen molar-refractivity contribution in [3.05, 3.63) is 12.7 Å². The first-order chi connectivity index (χ1) is 8.70. The van der Waals surface area contributed by atoms with E-state index < -0.39 is 18.5 Å². The van der Waals surface area contributed by atoms with Crippen LogP contribution in [0.1, 0.15) is 12.6 Å². The van der Waals surface area contributed by atoms with Gasteiger partial charge in [0.15, 0.2) is 11.2 Å². The molecule has 2 N–H and O–H groups in total. The smallest absolute Gasteiger partial charge is 0.242 e. The third-order valence-electron chi connectivity index (χ3n) is 2.99. The Morgan fingerprint density at radius 3 is 3.00 bits per heavy atom. The summed E-state index contributed by atoms with van der Waals surface area (Å²) in [5.74, 6) is -0.229. The molecule has 0 spiro atoms. The Labute approximate surface area is 101 Å². The van der Waals surface area contributed by atoms with E-state index in [-0.39, 0.29) is 24.4 Å². The Kier molecular flexibility index (Phi) is 2.60. The number of nitrogens with zero attached hydrogens (tertiary/aromatic N) is 4. The van der Waals surface area contributed by atoms with Crippen LogP contribution in [0.2, 0.25) is 0 Å². The maximum Gasteiger partial charge on any atom is 0.242 e. The van der Waals surface area contributed by atoms with Crippen molar-refractivity contribution in [1.82, 2.24) is 19.5 Å². The van der Waals surface area contributed by atoms with E-state index in [1.54, 1.807) is 0 Å². The molecule has 0 aliphatic carbocycles. The second-order valence-corrected chi connectivity index (χ2v) is 4.08. The number of alkyl halides is 1. The number of hydrogen-bond donors (Lipinski definition) is 2. The highest BCUT2D eigenvalue weighted by Crippen LogP contribution is 2.33. The molecule has 8 heteroatoms. The van der Waals surface area contributed by atoms with Gasteiger partial charge in [-0.05, 0) is 0 Å². The lowest BCUT2D eigenvalue weighted by Gasteiger charge is -2.13. The van der Waals surface area contributed by atoms with Crippen molar-refractivity contribution in [2.24, 2.45) is 0 Å². The van der Waals surface area contributed by atoms with Crippen LogP contribution in [0.15, 0.2) is 12.7 Å². The Hall–Kier alpha value is -1.80. The number of aliphatic hydroxyl groups excluding tert-OH is 1. The molecule has 0 aromatic carbocycles. The lowest BCUT2D eigenvalue weighted by Crippen LogP contribution is -2.21. The van der Waals surface area contributed by atoms with Crippen molar-refractivity contribution in [3.8, 4) is 5.88 Å². The molecular weight excluding hydrogens is 243 g/mol. The summed E-state index contributed by atoms with van der Waals surface area (Å²) in [7, 11) is 0. The van der Waals surface area contributed by atoms with E-state index in [9.17, 15) is 9.50 Å². The third-order valence-corrected chi connectivity index (χ3v) is 2.99. The number of aromatic hydroxyl groups is 1. The van der Waals surface area contributed by atoms with Gasteiger partial charge in [0, 0.05) is 6.42 Å². The van der Waals surface area contributed by atoms with E-state index in [0.29, 0.717) is 5.65 Å². The summed E-state index contributed by atoms with van der Waals surface area (Å²) in [5.41, 5.74) is 0.613. The van der Waals surface area contributed by atoms with Crippen molar-refractivity contribution in [1.29, 1.82) is 0 Å². The fraction of sp³-hybridized carbons (Fsp3) is 0.500. The van der Waals surface area contributed by atoms with Crippen LogP contribution in [0, 0.1) is 0 Å². The second-order valence-electron chi connectivity index (χ2n) is 4.08. The van der Waals surface area contributed by atoms with Gasteiger partial charge >= 0.3 is 0 Å². The van der Waals surface area contributed by atoms with Gasteiger partial charge in [0.05, 0.1) is 12.9 Å². The molecule has 3 rings (SSSR count). The minimum Gasteiger partial charge on any atom is -0.492 e. The molecule has 0 amide bonds. The summed E-state index contributed by atoms with van der Waals surface area (Å²) in [4.78, 5) is 11.6.